The van der Waals surface area contributed by atoms with Gasteiger partial charge in [0.2, 0.25) is 5.90 Å². The van der Waals surface area contributed by atoms with Crippen LogP contribution in [0, 0.1) is 5.82 Å². The fourth-order valence-electron chi connectivity index (χ4n) is 1.86. The Morgan fingerprint density at radius 1 is 1.11 bits per heavy atom. The lowest BCUT2D eigenvalue weighted by Crippen LogP contribution is -2.03. The first kappa shape index (κ1) is 10.9. The molecule has 0 radical (unpaired) electrons. The van der Waals surface area contributed by atoms with E-state index in [0.29, 0.717) is 18.2 Å². The average molecular weight is 242 g/mol. The highest BCUT2D eigenvalue weighted by Crippen LogP contribution is 2.24. The molecule has 0 amide bonds. The van der Waals surface area contributed by atoms with E-state index in [9.17, 15) is 4.39 Å². The zero-order valence-electron chi connectivity index (χ0n) is 9.58. The Bertz CT molecular complexity index is 566. The van der Waals surface area contributed by atoms with Gasteiger partial charge in [-0.15, -0.1) is 0 Å². The highest BCUT2D eigenvalue weighted by atomic mass is 19.1. The first-order chi connectivity index (χ1) is 8.83. The molecule has 1 aliphatic heterocycles. The summed E-state index contributed by atoms with van der Waals surface area (Å²) in [6.07, 6.45) is 1.16. The van der Waals surface area contributed by atoms with E-state index in [1.54, 1.807) is 6.07 Å². The SMILES string of the molecule is Fc1ccc(C2=N[C@@H](c3ccccc3)CO2)nc1. The Morgan fingerprint density at radius 2 is 1.94 bits per heavy atom. The van der Waals surface area contributed by atoms with E-state index >= 15 is 0 Å². The first-order valence-electron chi connectivity index (χ1n) is 5.70. The topological polar surface area (TPSA) is 34.5 Å². The lowest BCUT2D eigenvalue weighted by Gasteiger charge is -2.03. The van der Waals surface area contributed by atoms with Crippen molar-refractivity contribution >= 4 is 5.90 Å². The fourth-order valence-corrected chi connectivity index (χ4v) is 1.86. The third-order valence-electron chi connectivity index (χ3n) is 2.78. The van der Waals surface area contributed by atoms with Gasteiger partial charge in [0.1, 0.15) is 24.2 Å². The van der Waals surface area contributed by atoms with Crippen LogP contribution in [-0.4, -0.2) is 17.5 Å². The Balaban J connectivity index is 1.86. The van der Waals surface area contributed by atoms with Gasteiger partial charge in [0, 0.05) is 0 Å². The summed E-state index contributed by atoms with van der Waals surface area (Å²) in [6.45, 7) is 0.498. The minimum atomic E-state index is -0.364. The maximum absolute atomic E-state index is 12.8. The highest BCUT2D eigenvalue weighted by molar-refractivity contribution is 5.93. The van der Waals surface area contributed by atoms with Gasteiger partial charge in [-0.3, -0.25) is 0 Å². The molecule has 0 saturated carbocycles. The van der Waals surface area contributed by atoms with Crippen LogP contribution in [0.4, 0.5) is 4.39 Å². The number of pyridine rings is 1. The Kier molecular flexibility index (Phi) is 2.76. The summed E-state index contributed by atoms with van der Waals surface area (Å²) in [5, 5.41) is 0. The van der Waals surface area contributed by atoms with Gasteiger partial charge in [0.15, 0.2) is 0 Å². The van der Waals surface area contributed by atoms with Gasteiger partial charge >= 0.3 is 0 Å². The van der Waals surface area contributed by atoms with Crippen molar-refractivity contribution < 1.29 is 9.13 Å². The summed E-state index contributed by atoms with van der Waals surface area (Å²) >= 11 is 0. The summed E-state index contributed by atoms with van der Waals surface area (Å²) in [4.78, 5) is 8.43. The van der Waals surface area contributed by atoms with Gasteiger partial charge in [-0.2, -0.15) is 0 Å². The molecule has 90 valence electrons. The number of aliphatic imine (C=N–C) groups is 1. The summed E-state index contributed by atoms with van der Waals surface area (Å²) in [5.74, 6) is 0.112. The van der Waals surface area contributed by atoms with Crippen LogP contribution in [0.5, 0.6) is 0 Å². The van der Waals surface area contributed by atoms with Gasteiger partial charge in [-0.05, 0) is 17.7 Å². The molecule has 0 spiro atoms. The maximum Gasteiger partial charge on any atom is 0.236 e. The summed E-state index contributed by atoms with van der Waals surface area (Å²) in [7, 11) is 0. The third kappa shape index (κ3) is 2.09. The van der Waals surface area contributed by atoms with Crippen LogP contribution in [-0.2, 0) is 4.74 Å². The summed E-state index contributed by atoms with van der Waals surface area (Å²) in [6, 6.07) is 12.8. The maximum atomic E-state index is 12.8. The van der Waals surface area contributed by atoms with Crippen LogP contribution in [0.15, 0.2) is 53.7 Å². The predicted octanol–water partition coefficient (Wildman–Crippen LogP) is 2.74. The van der Waals surface area contributed by atoms with E-state index in [4.69, 9.17) is 4.74 Å². The lowest BCUT2D eigenvalue weighted by atomic mass is 10.1. The fraction of sp³-hybridized carbons (Fsp3) is 0.143. The molecule has 4 heteroatoms. The third-order valence-corrected chi connectivity index (χ3v) is 2.78. The standard InChI is InChI=1S/C14H11FN2O/c15-11-6-7-12(16-8-11)14-17-13(9-18-14)10-4-2-1-3-5-10/h1-8,13H,9H2/t13-/m1/s1. The normalized spacial score (nSPS) is 18.3. The minimum absolute atomic E-state index is 0.00643. The van der Waals surface area contributed by atoms with Gasteiger partial charge in [-0.25, -0.2) is 14.4 Å². The van der Waals surface area contributed by atoms with Crippen molar-refractivity contribution in [1.82, 2.24) is 4.98 Å². The smallest absolute Gasteiger partial charge is 0.236 e. The van der Waals surface area contributed by atoms with Crippen molar-refractivity contribution in [2.75, 3.05) is 6.61 Å². The van der Waals surface area contributed by atoms with Gasteiger partial charge in [0.25, 0.3) is 0 Å². The van der Waals surface area contributed by atoms with E-state index in [1.165, 1.54) is 6.07 Å². The number of hydrogen-bond acceptors (Lipinski definition) is 3. The number of aromatic nitrogens is 1. The molecule has 0 fully saturated rings. The van der Waals surface area contributed by atoms with Crippen molar-refractivity contribution in [3.05, 3.63) is 65.7 Å². The van der Waals surface area contributed by atoms with Crippen molar-refractivity contribution in [2.24, 2.45) is 4.99 Å². The van der Waals surface area contributed by atoms with Crippen molar-refractivity contribution in [3.8, 4) is 0 Å². The molecule has 0 saturated heterocycles. The first-order valence-corrected chi connectivity index (χ1v) is 5.70. The molecular weight excluding hydrogens is 231 g/mol. The quantitative estimate of drug-likeness (QED) is 0.811. The van der Waals surface area contributed by atoms with Crippen LogP contribution in [0.25, 0.3) is 0 Å². The molecule has 0 bridgehead atoms. The molecule has 3 rings (SSSR count). The molecule has 2 heterocycles. The van der Waals surface area contributed by atoms with Crippen molar-refractivity contribution in [3.63, 3.8) is 0 Å². The number of nitrogens with zero attached hydrogens (tertiary/aromatic N) is 2. The zero-order valence-corrected chi connectivity index (χ0v) is 9.58. The summed E-state index contributed by atoms with van der Waals surface area (Å²) in [5.41, 5.74) is 1.67. The highest BCUT2D eigenvalue weighted by Gasteiger charge is 2.22. The molecular formula is C14H11FN2O. The largest absolute Gasteiger partial charge is 0.474 e. The van der Waals surface area contributed by atoms with E-state index in [-0.39, 0.29) is 11.9 Å². The van der Waals surface area contributed by atoms with Gasteiger partial charge in [0.05, 0.1) is 6.20 Å². The molecule has 1 aromatic heterocycles. The molecule has 1 atom stereocenters. The molecule has 0 unspecified atom stereocenters. The predicted molar refractivity (Wildman–Crippen MR) is 65.9 cm³/mol. The van der Waals surface area contributed by atoms with Crippen LogP contribution < -0.4 is 0 Å². The number of rotatable bonds is 2. The van der Waals surface area contributed by atoms with E-state index in [2.05, 4.69) is 9.98 Å². The van der Waals surface area contributed by atoms with Crippen molar-refractivity contribution in [2.45, 2.75) is 6.04 Å². The second-order valence-corrected chi connectivity index (χ2v) is 4.03. The Labute approximate surface area is 104 Å². The molecule has 2 aromatic rings. The molecule has 0 aliphatic carbocycles. The second-order valence-electron chi connectivity index (χ2n) is 4.03. The minimum Gasteiger partial charge on any atom is -0.474 e. The summed E-state index contributed by atoms with van der Waals surface area (Å²) < 4.78 is 18.3. The molecule has 3 nitrogen and oxygen atoms in total. The molecule has 18 heavy (non-hydrogen) atoms. The van der Waals surface area contributed by atoms with E-state index in [1.807, 2.05) is 30.3 Å². The second kappa shape index (κ2) is 4.56. The monoisotopic (exact) mass is 242 g/mol. The number of hydrogen-bond donors (Lipinski definition) is 0. The van der Waals surface area contributed by atoms with Crippen LogP contribution >= 0.6 is 0 Å². The zero-order chi connectivity index (χ0) is 12.4. The Hall–Kier alpha value is -2.23. The van der Waals surface area contributed by atoms with Crippen LogP contribution in [0.2, 0.25) is 0 Å². The van der Waals surface area contributed by atoms with Crippen LogP contribution in [0.1, 0.15) is 17.3 Å². The average Bonchev–Trinajstić information content (AvgIpc) is 2.90. The van der Waals surface area contributed by atoms with Gasteiger partial charge in [-0.1, -0.05) is 30.3 Å². The molecule has 0 N–H and O–H groups in total. The van der Waals surface area contributed by atoms with Crippen molar-refractivity contribution in [1.29, 1.82) is 0 Å². The van der Waals surface area contributed by atoms with E-state index in [0.717, 1.165) is 11.8 Å². The van der Waals surface area contributed by atoms with E-state index < -0.39 is 0 Å². The molecule has 1 aliphatic rings. The van der Waals surface area contributed by atoms with Crippen LogP contribution in [0.3, 0.4) is 0 Å². The molecule has 1 aromatic carbocycles. The number of halogens is 1. The number of benzene rings is 1. The number of ether oxygens (including phenoxy) is 1. The Morgan fingerprint density at radius 3 is 2.67 bits per heavy atom. The lowest BCUT2D eigenvalue weighted by molar-refractivity contribution is 0.319. The van der Waals surface area contributed by atoms with Gasteiger partial charge < -0.3 is 4.74 Å².